The topological polar surface area (TPSA) is 84.6 Å². The van der Waals surface area contributed by atoms with Gasteiger partial charge < -0.3 is 5.32 Å². The third kappa shape index (κ3) is 5.25. The third-order valence-corrected chi connectivity index (χ3v) is 4.84. The van der Waals surface area contributed by atoms with Crippen LogP contribution in [0.15, 0.2) is 47.5 Å². The first kappa shape index (κ1) is 21.3. The molecule has 2 rings (SSSR count). The molecule has 28 heavy (non-hydrogen) atoms. The number of hydrogen-bond acceptors (Lipinski definition) is 4. The molecule has 0 saturated heterocycles. The molecule has 1 N–H and O–H groups in total. The fourth-order valence-electron chi connectivity index (χ4n) is 3.22. The van der Waals surface area contributed by atoms with Crippen LogP contribution in [-0.4, -0.2) is 24.1 Å². The number of nitrogens with zero attached hydrogens (tertiary/aromatic N) is 2. The molecule has 0 spiro atoms. The minimum Gasteiger partial charge on any atom is -0.355 e. The molecule has 6 nitrogen and oxygen atoms in total. The Morgan fingerprint density at radius 3 is 2.50 bits per heavy atom. The highest BCUT2D eigenvalue weighted by atomic mass is 16.6. The number of para-hydroxylation sites is 1. The summed E-state index contributed by atoms with van der Waals surface area (Å²) in [6.45, 7) is 4.40. The van der Waals surface area contributed by atoms with Crippen LogP contribution in [0.3, 0.4) is 0 Å². The molecule has 0 bridgehead atoms. The number of aliphatic imine (C=N–C) groups is 1. The SMILES string of the molecule is CCCC[C@H](CC)c1ccc(N=Cc2cccc(C(=O)NC)c2[N+](=O)[O-])cc1. The van der Waals surface area contributed by atoms with Crippen LogP contribution >= 0.6 is 0 Å². The van der Waals surface area contributed by atoms with Gasteiger partial charge in [-0.2, -0.15) is 0 Å². The number of unbranched alkanes of at least 4 members (excludes halogenated alkanes) is 1. The van der Waals surface area contributed by atoms with E-state index in [0.717, 1.165) is 6.42 Å². The molecule has 0 aromatic heterocycles. The lowest BCUT2D eigenvalue weighted by Crippen LogP contribution is -2.19. The largest absolute Gasteiger partial charge is 0.355 e. The van der Waals surface area contributed by atoms with Crippen LogP contribution in [0.25, 0.3) is 0 Å². The quantitative estimate of drug-likeness (QED) is 0.359. The lowest BCUT2D eigenvalue weighted by Gasteiger charge is -2.14. The molecule has 2 aromatic rings. The summed E-state index contributed by atoms with van der Waals surface area (Å²) >= 11 is 0. The number of carbonyl (C=O) groups excluding carboxylic acids is 1. The Morgan fingerprint density at radius 1 is 1.21 bits per heavy atom. The van der Waals surface area contributed by atoms with Gasteiger partial charge in [-0.15, -0.1) is 0 Å². The van der Waals surface area contributed by atoms with E-state index in [0.29, 0.717) is 17.2 Å². The molecular weight excluding hydrogens is 354 g/mol. The van der Waals surface area contributed by atoms with E-state index in [4.69, 9.17) is 0 Å². The van der Waals surface area contributed by atoms with E-state index in [2.05, 4.69) is 36.3 Å². The first-order chi connectivity index (χ1) is 13.5. The maximum absolute atomic E-state index is 11.9. The molecule has 0 unspecified atom stereocenters. The van der Waals surface area contributed by atoms with Crippen molar-refractivity contribution >= 4 is 23.5 Å². The predicted molar refractivity (Wildman–Crippen MR) is 113 cm³/mol. The van der Waals surface area contributed by atoms with Crippen molar-refractivity contribution < 1.29 is 9.72 Å². The highest BCUT2D eigenvalue weighted by Crippen LogP contribution is 2.28. The summed E-state index contributed by atoms with van der Waals surface area (Å²) in [5.74, 6) is 0.0484. The molecule has 0 saturated carbocycles. The number of amides is 1. The Bertz CT molecular complexity index is 845. The Hall–Kier alpha value is -3.02. The number of carbonyl (C=O) groups is 1. The summed E-state index contributed by atoms with van der Waals surface area (Å²) in [5, 5.41) is 13.9. The number of nitro benzene ring substituents is 1. The van der Waals surface area contributed by atoms with Crippen molar-refractivity contribution in [1.29, 1.82) is 0 Å². The van der Waals surface area contributed by atoms with E-state index in [1.807, 2.05) is 12.1 Å². The van der Waals surface area contributed by atoms with E-state index in [9.17, 15) is 14.9 Å². The Morgan fingerprint density at radius 2 is 1.93 bits per heavy atom. The van der Waals surface area contributed by atoms with Gasteiger partial charge in [0.15, 0.2) is 0 Å². The van der Waals surface area contributed by atoms with Crippen LogP contribution in [0.4, 0.5) is 11.4 Å². The van der Waals surface area contributed by atoms with Gasteiger partial charge in [0.05, 0.1) is 16.2 Å². The summed E-state index contributed by atoms with van der Waals surface area (Å²) in [6, 6.07) is 12.6. The molecule has 0 aliphatic rings. The van der Waals surface area contributed by atoms with Gasteiger partial charge in [-0.1, -0.05) is 44.9 Å². The zero-order chi connectivity index (χ0) is 20.5. The molecule has 2 aromatic carbocycles. The number of rotatable bonds is 9. The first-order valence-electron chi connectivity index (χ1n) is 9.65. The van der Waals surface area contributed by atoms with Crippen molar-refractivity contribution in [3.63, 3.8) is 0 Å². The fraction of sp³-hybridized carbons (Fsp3) is 0.364. The molecule has 6 heteroatoms. The summed E-state index contributed by atoms with van der Waals surface area (Å²) in [7, 11) is 1.44. The van der Waals surface area contributed by atoms with E-state index in [1.54, 1.807) is 12.1 Å². The van der Waals surface area contributed by atoms with Crippen LogP contribution in [0.1, 0.15) is 66.9 Å². The minimum atomic E-state index is -0.547. The average molecular weight is 381 g/mol. The maximum Gasteiger partial charge on any atom is 0.290 e. The van der Waals surface area contributed by atoms with Crippen molar-refractivity contribution in [2.75, 3.05) is 7.05 Å². The minimum absolute atomic E-state index is 0.0218. The molecule has 1 atom stereocenters. The fourth-order valence-corrected chi connectivity index (χ4v) is 3.22. The third-order valence-electron chi connectivity index (χ3n) is 4.84. The Balaban J connectivity index is 2.26. The highest BCUT2D eigenvalue weighted by Gasteiger charge is 2.22. The summed E-state index contributed by atoms with van der Waals surface area (Å²) in [5.41, 5.74) is 2.09. The van der Waals surface area contributed by atoms with E-state index in [-0.39, 0.29) is 11.3 Å². The monoisotopic (exact) mass is 381 g/mol. The second-order valence-corrected chi connectivity index (χ2v) is 6.68. The first-order valence-corrected chi connectivity index (χ1v) is 9.65. The van der Waals surface area contributed by atoms with Crippen LogP contribution in [0.5, 0.6) is 0 Å². The number of nitrogens with one attached hydrogen (secondary N) is 1. The van der Waals surface area contributed by atoms with Gasteiger partial charge in [0.1, 0.15) is 5.56 Å². The van der Waals surface area contributed by atoms with Crippen LogP contribution < -0.4 is 5.32 Å². The lowest BCUT2D eigenvalue weighted by atomic mass is 9.91. The van der Waals surface area contributed by atoms with E-state index in [1.165, 1.54) is 44.2 Å². The lowest BCUT2D eigenvalue weighted by molar-refractivity contribution is -0.385. The molecule has 0 heterocycles. The van der Waals surface area contributed by atoms with E-state index < -0.39 is 10.8 Å². The van der Waals surface area contributed by atoms with Crippen molar-refractivity contribution in [2.24, 2.45) is 4.99 Å². The Kier molecular flexibility index (Phi) is 7.87. The van der Waals surface area contributed by atoms with Crippen molar-refractivity contribution in [3.8, 4) is 0 Å². The number of benzene rings is 2. The Labute approximate surface area is 165 Å². The smallest absolute Gasteiger partial charge is 0.290 e. The standard InChI is InChI=1S/C22H27N3O3/c1-4-6-8-16(5-2)17-11-13-19(14-12-17)24-15-18-9-7-10-20(22(26)23-3)21(18)25(27)28/h7,9-16H,4-6,8H2,1-3H3,(H,23,26)/t16-/m0/s1. The second-order valence-electron chi connectivity index (χ2n) is 6.68. The molecule has 1 amide bonds. The zero-order valence-corrected chi connectivity index (χ0v) is 16.6. The van der Waals surface area contributed by atoms with Crippen LogP contribution in [0.2, 0.25) is 0 Å². The van der Waals surface area contributed by atoms with Gasteiger partial charge in [0.2, 0.25) is 0 Å². The maximum atomic E-state index is 11.9. The molecule has 0 aliphatic heterocycles. The molecule has 0 radical (unpaired) electrons. The summed E-state index contributed by atoms with van der Waals surface area (Å²) in [4.78, 5) is 27.2. The average Bonchev–Trinajstić information content (AvgIpc) is 2.72. The van der Waals surface area contributed by atoms with Crippen LogP contribution in [-0.2, 0) is 0 Å². The normalized spacial score (nSPS) is 12.1. The molecular formula is C22H27N3O3. The molecule has 0 fully saturated rings. The summed E-state index contributed by atoms with van der Waals surface area (Å²) in [6.07, 6.45) is 6.11. The van der Waals surface area contributed by atoms with Gasteiger partial charge in [0.25, 0.3) is 11.6 Å². The van der Waals surface area contributed by atoms with Crippen LogP contribution in [0, 0.1) is 10.1 Å². The van der Waals surface area contributed by atoms with Gasteiger partial charge in [-0.05, 0) is 48.6 Å². The van der Waals surface area contributed by atoms with Gasteiger partial charge in [-0.25, -0.2) is 0 Å². The van der Waals surface area contributed by atoms with Crippen molar-refractivity contribution in [2.45, 2.75) is 45.4 Å². The van der Waals surface area contributed by atoms with E-state index >= 15 is 0 Å². The van der Waals surface area contributed by atoms with Gasteiger partial charge in [0, 0.05) is 13.3 Å². The van der Waals surface area contributed by atoms with Gasteiger partial charge in [-0.3, -0.25) is 19.9 Å². The van der Waals surface area contributed by atoms with Crippen molar-refractivity contribution in [1.82, 2.24) is 5.32 Å². The molecule has 148 valence electrons. The highest BCUT2D eigenvalue weighted by molar-refractivity contribution is 6.02. The molecule has 0 aliphatic carbocycles. The summed E-state index contributed by atoms with van der Waals surface area (Å²) < 4.78 is 0. The van der Waals surface area contributed by atoms with Crippen molar-refractivity contribution in [3.05, 3.63) is 69.3 Å². The predicted octanol–water partition coefficient (Wildman–Crippen LogP) is 5.39. The number of nitro groups is 1. The number of hydrogen-bond donors (Lipinski definition) is 1. The zero-order valence-electron chi connectivity index (χ0n) is 16.6. The second kappa shape index (κ2) is 10.3. The van der Waals surface area contributed by atoms with Gasteiger partial charge >= 0.3 is 0 Å².